The summed E-state index contributed by atoms with van der Waals surface area (Å²) in [6, 6.07) is 49.1. The molecule has 0 aliphatic heterocycles. The minimum Gasteiger partial charge on any atom is -0.228 e. The van der Waals surface area contributed by atoms with Gasteiger partial charge in [0.2, 0.25) is 0 Å². The molecule has 0 atom stereocenters. The molecule has 3 aromatic heterocycles. The summed E-state index contributed by atoms with van der Waals surface area (Å²) in [5.41, 5.74) is 10.1. The third kappa shape index (κ3) is 5.88. The van der Waals surface area contributed by atoms with Crippen molar-refractivity contribution in [3.05, 3.63) is 156 Å². The highest BCUT2D eigenvalue weighted by molar-refractivity contribution is 6.33. The first-order valence-electron chi connectivity index (χ1n) is 15.0. The molecule has 5 aromatic carbocycles. The molecule has 0 fully saturated rings. The van der Waals surface area contributed by atoms with Crippen LogP contribution in [0.4, 0.5) is 0 Å². The predicted molar refractivity (Wildman–Crippen MR) is 189 cm³/mol. The van der Waals surface area contributed by atoms with Crippen LogP contribution >= 0.6 is 23.2 Å². The van der Waals surface area contributed by atoms with Gasteiger partial charge in [-0.3, -0.25) is 0 Å². The second-order valence-corrected chi connectivity index (χ2v) is 11.7. The molecule has 0 radical (unpaired) electrons. The fourth-order valence-electron chi connectivity index (χ4n) is 5.50. The van der Waals surface area contributed by atoms with Gasteiger partial charge in [-0.15, -0.1) is 5.10 Å². The van der Waals surface area contributed by atoms with Gasteiger partial charge >= 0.3 is 0 Å². The Morgan fingerprint density at radius 3 is 1.34 bits per heavy atom. The molecule has 0 aliphatic carbocycles. The number of benzene rings is 5. The van der Waals surface area contributed by atoms with Crippen LogP contribution < -0.4 is 0 Å². The highest BCUT2D eigenvalue weighted by atomic mass is 35.5. The van der Waals surface area contributed by atoms with Crippen LogP contribution in [0.25, 0.3) is 73.3 Å². The second-order valence-electron chi connectivity index (χ2n) is 11.0. The van der Waals surface area contributed by atoms with Crippen molar-refractivity contribution in [3.63, 3.8) is 0 Å². The van der Waals surface area contributed by atoms with Crippen molar-refractivity contribution in [1.82, 2.24) is 29.5 Å². The summed E-state index contributed by atoms with van der Waals surface area (Å²) in [5, 5.41) is 5.11. The molecule has 0 N–H and O–H groups in total. The molecule has 8 aromatic rings. The molecule has 0 aliphatic rings. The molecule has 8 heteroatoms. The van der Waals surface area contributed by atoms with E-state index in [2.05, 4.69) is 93.9 Å². The Kier molecular flexibility index (Phi) is 7.50. The average Bonchev–Trinajstić information content (AvgIpc) is 3.57. The molecular weight excluding hydrogens is 623 g/mol. The van der Waals surface area contributed by atoms with Gasteiger partial charge in [-0.25, -0.2) is 9.97 Å². The van der Waals surface area contributed by atoms with Crippen molar-refractivity contribution in [3.8, 4) is 67.5 Å². The SMILES string of the molecule is Clc1cc(Cl)n2nc(-c3ccc(-c4ccc(-c5cc(-c6ccc(-c7ccccc7)cc6)nc(-c6ccccc6)n5)cc4)cc3)nc2n1. The van der Waals surface area contributed by atoms with Crippen LogP contribution in [0, 0.1) is 0 Å². The summed E-state index contributed by atoms with van der Waals surface area (Å²) in [6.07, 6.45) is 0. The molecule has 0 unspecified atom stereocenters. The van der Waals surface area contributed by atoms with Gasteiger partial charge in [0, 0.05) is 28.3 Å². The molecule has 0 bridgehead atoms. The van der Waals surface area contributed by atoms with Crippen molar-refractivity contribution in [1.29, 1.82) is 0 Å². The van der Waals surface area contributed by atoms with Crippen LogP contribution in [-0.2, 0) is 0 Å². The monoisotopic (exact) mass is 646 g/mol. The maximum absolute atomic E-state index is 6.26. The Labute approximate surface area is 281 Å². The quantitative estimate of drug-likeness (QED) is 0.168. The zero-order valence-electron chi connectivity index (χ0n) is 24.8. The van der Waals surface area contributed by atoms with Gasteiger partial charge < -0.3 is 0 Å². The number of nitrogens with zero attached hydrogens (tertiary/aromatic N) is 6. The van der Waals surface area contributed by atoms with Crippen LogP contribution in [0.5, 0.6) is 0 Å². The van der Waals surface area contributed by atoms with Crippen molar-refractivity contribution < 1.29 is 0 Å². The van der Waals surface area contributed by atoms with E-state index in [-0.39, 0.29) is 5.15 Å². The van der Waals surface area contributed by atoms with Crippen molar-refractivity contribution in [2.24, 2.45) is 0 Å². The van der Waals surface area contributed by atoms with Crippen LogP contribution in [0.1, 0.15) is 0 Å². The zero-order chi connectivity index (χ0) is 31.7. The summed E-state index contributed by atoms with van der Waals surface area (Å²) in [5.74, 6) is 1.56. The first-order valence-corrected chi connectivity index (χ1v) is 15.7. The lowest BCUT2D eigenvalue weighted by Crippen LogP contribution is -1.96. The average molecular weight is 648 g/mol. The minimum absolute atomic E-state index is 0.271. The molecule has 0 spiro atoms. The lowest BCUT2D eigenvalue weighted by molar-refractivity contribution is 0.943. The van der Waals surface area contributed by atoms with Gasteiger partial charge in [0.1, 0.15) is 10.3 Å². The zero-order valence-corrected chi connectivity index (χ0v) is 26.3. The Bertz CT molecular complexity index is 2340. The lowest BCUT2D eigenvalue weighted by atomic mass is 10.00. The van der Waals surface area contributed by atoms with Crippen LogP contribution in [0.2, 0.25) is 10.3 Å². The fraction of sp³-hybridized carbons (Fsp3) is 0. The number of rotatable bonds is 6. The van der Waals surface area contributed by atoms with Crippen LogP contribution in [0.15, 0.2) is 146 Å². The molecule has 6 nitrogen and oxygen atoms in total. The van der Waals surface area contributed by atoms with Gasteiger partial charge in [-0.05, 0) is 28.3 Å². The maximum atomic E-state index is 6.26. The largest absolute Gasteiger partial charge is 0.255 e. The van der Waals surface area contributed by atoms with E-state index in [1.165, 1.54) is 16.1 Å². The molecule has 3 heterocycles. The van der Waals surface area contributed by atoms with E-state index in [1.54, 1.807) is 0 Å². The predicted octanol–water partition coefficient (Wildman–Crippen LogP) is 10.2. The van der Waals surface area contributed by atoms with E-state index >= 15 is 0 Å². The highest BCUT2D eigenvalue weighted by Gasteiger charge is 2.13. The van der Waals surface area contributed by atoms with E-state index in [0.717, 1.165) is 50.3 Å². The minimum atomic E-state index is 0.271. The van der Waals surface area contributed by atoms with Gasteiger partial charge in [0.15, 0.2) is 11.6 Å². The Morgan fingerprint density at radius 2 is 0.809 bits per heavy atom. The third-order valence-corrected chi connectivity index (χ3v) is 8.40. The lowest BCUT2D eigenvalue weighted by Gasteiger charge is -2.11. The van der Waals surface area contributed by atoms with E-state index in [1.807, 2.05) is 60.7 Å². The highest BCUT2D eigenvalue weighted by Crippen LogP contribution is 2.31. The fourth-order valence-corrected chi connectivity index (χ4v) is 5.95. The van der Waals surface area contributed by atoms with E-state index < -0.39 is 0 Å². The Hall–Kier alpha value is -5.69. The van der Waals surface area contributed by atoms with E-state index in [4.69, 9.17) is 33.2 Å². The Balaban J connectivity index is 1.10. The van der Waals surface area contributed by atoms with Crippen LogP contribution in [0.3, 0.4) is 0 Å². The number of halogens is 2. The third-order valence-electron chi connectivity index (χ3n) is 7.94. The standard InChI is InChI=1S/C39H24Cl2N6/c40-35-24-36(41)47-39(44-35)45-38(46-47)32-21-15-28(16-22-32)27-13-19-30(20-14-27)34-23-33(42-37(43-34)31-9-5-2-6-10-31)29-17-11-26(12-18-29)25-7-3-1-4-8-25/h1-24H. The number of aromatic nitrogens is 6. The Morgan fingerprint density at radius 1 is 0.383 bits per heavy atom. The molecule has 0 amide bonds. The smallest absolute Gasteiger partial charge is 0.228 e. The first kappa shape index (κ1) is 28.8. The molecule has 224 valence electrons. The maximum Gasteiger partial charge on any atom is 0.255 e. The molecule has 0 saturated carbocycles. The topological polar surface area (TPSA) is 68.9 Å². The molecular formula is C39H24Cl2N6. The van der Waals surface area contributed by atoms with Crippen LogP contribution in [-0.4, -0.2) is 29.5 Å². The number of hydrogen-bond acceptors (Lipinski definition) is 5. The van der Waals surface area contributed by atoms with Gasteiger partial charge in [0.05, 0.1) is 11.4 Å². The van der Waals surface area contributed by atoms with Crippen molar-refractivity contribution in [2.75, 3.05) is 0 Å². The van der Waals surface area contributed by atoms with E-state index in [0.29, 0.717) is 22.6 Å². The second kappa shape index (κ2) is 12.2. The molecule has 47 heavy (non-hydrogen) atoms. The van der Waals surface area contributed by atoms with Gasteiger partial charge in [-0.2, -0.15) is 14.5 Å². The summed E-state index contributed by atoms with van der Waals surface area (Å²) >= 11 is 12.3. The van der Waals surface area contributed by atoms with Crippen molar-refractivity contribution >= 4 is 29.0 Å². The van der Waals surface area contributed by atoms with Crippen molar-refractivity contribution in [2.45, 2.75) is 0 Å². The summed E-state index contributed by atoms with van der Waals surface area (Å²) < 4.78 is 1.47. The summed E-state index contributed by atoms with van der Waals surface area (Å²) in [6.45, 7) is 0. The summed E-state index contributed by atoms with van der Waals surface area (Å²) in [7, 11) is 0. The number of fused-ring (bicyclic) bond motifs is 1. The van der Waals surface area contributed by atoms with Gasteiger partial charge in [0.25, 0.3) is 5.78 Å². The van der Waals surface area contributed by atoms with E-state index in [9.17, 15) is 0 Å². The summed E-state index contributed by atoms with van der Waals surface area (Å²) in [4.78, 5) is 18.7. The first-order chi connectivity index (χ1) is 23.1. The normalized spacial score (nSPS) is 11.2. The number of hydrogen-bond donors (Lipinski definition) is 0. The molecule has 8 rings (SSSR count). The molecule has 0 saturated heterocycles. The van der Waals surface area contributed by atoms with Gasteiger partial charge in [-0.1, -0.05) is 157 Å².